The van der Waals surface area contributed by atoms with Gasteiger partial charge in [0.1, 0.15) is 6.10 Å². The summed E-state index contributed by atoms with van der Waals surface area (Å²) in [5, 5.41) is 9.23. The number of carbonyl (C=O) groups is 1. The molecule has 0 radical (unpaired) electrons. The smallest absolute Gasteiger partial charge is 0.338 e. The van der Waals surface area contributed by atoms with Gasteiger partial charge in [0, 0.05) is 0 Å². The summed E-state index contributed by atoms with van der Waals surface area (Å²) in [6, 6.07) is 8.82. The average Bonchev–Trinajstić information content (AvgIpc) is 2.24. The molecule has 2 rings (SSSR count). The van der Waals surface area contributed by atoms with E-state index in [4.69, 9.17) is 4.74 Å². The standard InChI is InChI=1S/C11H12O3/c12-9-6-7-10(9)14-11(13)8-4-2-1-3-5-8/h1-5,9-10,12H,6-7H2/t9-,10+/m0/s1. The van der Waals surface area contributed by atoms with Crippen molar-refractivity contribution >= 4 is 5.97 Å². The van der Waals surface area contributed by atoms with E-state index in [0.29, 0.717) is 5.56 Å². The van der Waals surface area contributed by atoms with E-state index in [0.717, 1.165) is 12.8 Å². The van der Waals surface area contributed by atoms with Crippen molar-refractivity contribution in [2.45, 2.75) is 25.0 Å². The SMILES string of the molecule is O=C(O[C@@H]1CC[C@@H]1O)c1ccccc1. The number of aliphatic hydroxyl groups excluding tert-OH is 1. The number of benzene rings is 1. The molecule has 1 aromatic carbocycles. The fourth-order valence-electron chi connectivity index (χ4n) is 1.37. The summed E-state index contributed by atoms with van der Waals surface area (Å²) in [6.07, 6.45) is 0.720. The van der Waals surface area contributed by atoms with Crippen molar-refractivity contribution in [3.05, 3.63) is 35.9 Å². The molecule has 1 saturated carbocycles. The maximum atomic E-state index is 11.5. The van der Waals surface area contributed by atoms with Crippen LogP contribution in [0, 0.1) is 0 Å². The first-order chi connectivity index (χ1) is 6.77. The molecule has 1 N–H and O–H groups in total. The predicted molar refractivity (Wildman–Crippen MR) is 50.9 cm³/mol. The summed E-state index contributed by atoms with van der Waals surface area (Å²) in [4.78, 5) is 11.5. The highest BCUT2D eigenvalue weighted by Gasteiger charge is 2.32. The summed E-state index contributed by atoms with van der Waals surface area (Å²) >= 11 is 0. The highest BCUT2D eigenvalue weighted by atomic mass is 16.6. The summed E-state index contributed by atoms with van der Waals surface area (Å²) in [5.41, 5.74) is 0.534. The zero-order chi connectivity index (χ0) is 9.97. The third kappa shape index (κ3) is 1.77. The Balaban J connectivity index is 1.96. The topological polar surface area (TPSA) is 46.5 Å². The summed E-state index contributed by atoms with van der Waals surface area (Å²) < 4.78 is 5.10. The van der Waals surface area contributed by atoms with Gasteiger partial charge in [-0.3, -0.25) is 0 Å². The lowest BCUT2D eigenvalue weighted by atomic mass is 9.92. The summed E-state index contributed by atoms with van der Waals surface area (Å²) in [6.45, 7) is 0. The Labute approximate surface area is 82.3 Å². The molecule has 2 atom stereocenters. The van der Waals surface area contributed by atoms with E-state index in [-0.39, 0.29) is 12.1 Å². The lowest BCUT2D eigenvalue weighted by Gasteiger charge is -2.31. The molecule has 0 bridgehead atoms. The van der Waals surface area contributed by atoms with Crippen LogP contribution in [-0.2, 0) is 4.74 Å². The van der Waals surface area contributed by atoms with Crippen LogP contribution in [0.3, 0.4) is 0 Å². The van der Waals surface area contributed by atoms with Crippen molar-refractivity contribution in [2.75, 3.05) is 0 Å². The fourth-order valence-corrected chi connectivity index (χ4v) is 1.37. The maximum absolute atomic E-state index is 11.5. The highest BCUT2D eigenvalue weighted by Crippen LogP contribution is 2.23. The summed E-state index contributed by atoms with van der Waals surface area (Å²) in [5.74, 6) is -0.352. The number of hydrogen-bond donors (Lipinski definition) is 1. The first kappa shape index (κ1) is 9.21. The molecule has 3 heteroatoms. The molecule has 14 heavy (non-hydrogen) atoms. The van der Waals surface area contributed by atoms with E-state index in [1.54, 1.807) is 24.3 Å². The van der Waals surface area contributed by atoms with Crippen LogP contribution in [0.5, 0.6) is 0 Å². The van der Waals surface area contributed by atoms with E-state index in [1.165, 1.54) is 0 Å². The molecule has 0 spiro atoms. The van der Waals surface area contributed by atoms with Crippen LogP contribution < -0.4 is 0 Å². The molecule has 0 unspecified atom stereocenters. The van der Waals surface area contributed by atoms with Crippen LogP contribution >= 0.6 is 0 Å². The zero-order valence-electron chi connectivity index (χ0n) is 7.72. The van der Waals surface area contributed by atoms with E-state index in [2.05, 4.69) is 0 Å². The van der Waals surface area contributed by atoms with Gasteiger partial charge in [0.05, 0.1) is 11.7 Å². The minimum atomic E-state index is -0.470. The average molecular weight is 192 g/mol. The molecule has 1 aliphatic rings. The Morgan fingerprint density at radius 3 is 2.50 bits per heavy atom. The number of aliphatic hydroxyl groups is 1. The Morgan fingerprint density at radius 2 is 2.00 bits per heavy atom. The quantitative estimate of drug-likeness (QED) is 0.720. The number of rotatable bonds is 2. The third-order valence-corrected chi connectivity index (χ3v) is 2.44. The lowest BCUT2D eigenvalue weighted by molar-refractivity contribution is -0.0691. The number of hydrogen-bond acceptors (Lipinski definition) is 3. The second kappa shape index (κ2) is 3.80. The number of ether oxygens (including phenoxy) is 1. The zero-order valence-corrected chi connectivity index (χ0v) is 7.72. The minimum Gasteiger partial charge on any atom is -0.456 e. The van der Waals surface area contributed by atoms with Gasteiger partial charge < -0.3 is 9.84 Å². The highest BCUT2D eigenvalue weighted by molar-refractivity contribution is 5.89. The maximum Gasteiger partial charge on any atom is 0.338 e. The predicted octanol–water partition coefficient (Wildman–Crippen LogP) is 1.37. The Morgan fingerprint density at radius 1 is 1.29 bits per heavy atom. The normalized spacial score (nSPS) is 25.2. The van der Waals surface area contributed by atoms with E-state index < -0.39 is 6.10 Å². The Bertz CT molecular complexity index is 321. The van der Waals surface area contributed by atoms with E-state index in [1.807, 2.05) is 6.07 Å². The van der Waals surface area contributed by atoms with Gasteiger partial charge >= 0.3 is 5.97 Å². The van der Waals surface area contributed by atoms with Crippen LogP contribution in [0.25, 0.3) is 0 Å². The van der Waals surface area contributed by atoms with Crippen LogP contribution in [0.1, 0.15) is 23.2 Å². The van der Waals surface area contributed by atoms with Gasteiger partial charge in [0.25, 0.3) is 0 Å². The minimum absolute atomic E-state index is 0.303. The van der Waals surface area contributed by atoms with Gasteiger partial charge in [0.2, 0.25) is 0 Å². The van der Waals surface area contributed by atoms with Crippen molar-refractivity contribution < 1.29 is 14.6 Å². The van der Waals surface area contributed by atoms with Crippen molar-refractivity contribution in [3.63, 3.8) is 0 Å². The van der Waals surface area contributed by atoms with Gasteiger partial charge in [-0.1, -0.05) is 18.2 Å². The third-order valence-electron chi connectivity index (χ3n) is 2.44. The largest absolute Gasteiger partial charge is 0.456 e. The summed E-state index contributed by atoms with van der Waals surface area (Å²) in [7, 11) is 0. The number of esters is 1. The molecular weight excluding hydrogens is 180 g/mol. The molecule has 74 valence electrons. The monoisotopic (exact) mass is 192 g/mol. The second-order valence-electron chi connectivity index (χ2n) is 3.45. The van der Waals surface area contributed by atoms with Crippen molar-refractivity contribution in [2.24, 2.45) is 0 Å². The fraction of sp³-hybridized carbons (Fsp3) is 0.364. The van der Waals surface area contributed by atoms with Crippen LogP contribution in [0.15, 0.2) is 30.3 Å². The molecule has 0 heterocycles. The van der Waals surface area contributed by atoms with Gasteiger partial charge in [-0.25, -0.2) is 4.79 Å². The molecule has 1 aromatic rings. The van der Waals surface area contributed by atoms with Gasteiger partial charge in [-0.05, 0) is 25.0 Å². The van der Waals surface area contributed by atoms with Crippen LogP contribution in [0.4, 0.5) is 0 Å². The van der Waals surface area contributed by atoms with Crippen molar-refractivity contribution in [3.8, 4) is 0 Å². The molecule has 1 fully saturated rings. The molecule has 0 aliphatic heterocycles. The molecule has 1 aliphatic carbocycles. The van der Waals surface area contributed by atoms with Crippen molar-refractivity contribution in [1.29, 1.82) is 0 Å². The number of carbonyl (C=O) groups excluding carboxylic acids is 1. The molecular formula is C11H12O3. The van der Waals surface area contributed by atoms with Gasteiger partial charge in [-0.15, -0.1) is 0 Å². The molecule has 0 amide bonds. The Kier molecular flexibility index (Phi) is 2.50. The molecule has 3 nitrogen and oxygen atoms in total. The Hall–Kier alpha value is -1.35. The van der Waals surface area contributed by atoms with E-state index >= 15 is 0 Å². The van der Waals surface area contributed by atoms with Gasteiger partial charge in [0.15, 0.2) is 0 Å². The molecule has 0 saturated heterocycles. The van der Waals surface area contributed by atoms with E-state index in [9.17, 15) is 9.90 Å². The van der Waals surface area contributed by atoms with Crippen LogP contribution in [-0.4, -0.2) is 23.3 Å². The lowest BCUT2D eigenvalue weighted by Crippen LogP contribution is -2.40. The first-order valence-corrected chi connectivity index (χ1v) is 4.71. The van der Waals surface area contributed by atoms with Crippen LogP contribution in [0.2, 0.25) is 0 Å². The van der Waals surface area contributed by atoms with Crippen molar-refractivity contribution in [1.82, 2.24) is 0 Å². The second-order valence-corrected chi connectivity index (χ2v) is 3.45. The molecule has 0 aromatic heterocycles. The van der Waals surface area contributed by atoms with Gasteiger partial charge in [-0.2, -0.15) is 0 Å². The first-order valence-electron chi connectivity index (χ1n) is 4.71.